The van der Waals surface area contributed by atoms with Gasteiger partial charge in [-0.2, -0.15) is 26.3 Å². The molecule has 0 aliphatic heterocycles. The first-order valence-corrected chi connectivity index (χ1v) is 7.02. The molecule has 0 aliphatic rings. The molecule has 0 spiro atoms. The van der Waals surface area contributed by atoms with Gasteiger partial charge in [-0.25, -0.2) is 0 Å². The molecule has 6 nitrogen and oxygen atoms in total. The number of aromatic nitrogens is 6. The van der Waals surface area contributed by atoms with Gasteiger partial charge in [-0.3, -0.25) is 0 Å². The summed E-state index contributed by atoms with van der Waals surface area (Å²) in [5.74, 6) is -0.687. The molecule has 0 saturated carbocycles. The van der Waals surface area contributed by atoms with Crippen LogP contribution >= 0.6 is 11.6 Å². The number of rotatable bonds is 2. The van der Waals surface area contributed by atoms with E-state index in [2.05, 4.69) is 25.6 Å². The molecule has 13 heteroatoms. The Hall–Kier alpha value is -2.76. The second kappa shape index (κ2) is 6.20. The Morgan fingerprint density at radius 1 is 0.846 bits per heavy atom. The number of nitrogens with zero attached hydrogens (tertiary/aromatic N) is 6. The van der Waals surface area contributed by atoms with Gasteiger partial charge in [0.15, 0.2) is 11.4 Å². The predicted octanol–water partition coefficient (Wildman–Crippen LogP) is 3.81. The molecule has 0 saturated heterocycles. The molecule has 0 amide bonds. The number of tetrazole rings is 1. The maximum Gasteiger partial charge on any atom is 0.435 e. The Labute approximate surface area is 145 Å². The molecule has 0 fully saturated rings. The van der Waals surface area contributed by atoms with E-state index in [-0.39, 0.29) is 6.07 Å². The van der Waals surface area contributed by atoms with Gasteiger partial charge in [0.25, 0.3) is 0 Å². The first kappa shape index (κ1) is 18.0. The van der Waals surface area contributed by atoms with Gasteiger partial charge >= 0.3 is 12.4 Å². The first-order valence-electron chi connectivity index (χ1n) is 6.64. The molecule has 3 aromatic rings. The minimum atomic E-state index is -5.06. The smallest absolute Gasteiger partial charge is 0.164 e. The van der Waals surface area contributed by atoms with E-state index in [0.29, 0.717) is 10.7 Å². The summed E-state index contributed by atoms with van der Waals surface area (Å²) in [4.78, 5) is 0.847. The van der Waals surface area contributed by atoms with Crippen molar-refractivity contribution < 1.29 is 26.3 Å². The fraction of sp³-hybridized carbons (Fsp3) is 0.154. The molecule has 26 heavy (non-hydrogen) atoms. The van der Waals surface area contributed by atoms with Crippen molar-refractivity contribution in [3.8, 4) is 17.1 Å². The Bertz CT molecular complexity index is 934. The highest BCUT2D eigenvalue weighted by Gasteiger charge is 2.41. The van der Waals surface area contributed by atoms with Crippen LogP contribution in [0.25, 0.3) is 17.1 Å². The van der Waals surface area contributed by atoms with E-state index in [1.807, 2.05) is 0 Å². The van der Waals surface area contributed by atoms with Crippen LogP contribution in [-0.2, 0) is 12.4 Å². The lowest BCUT2D eigenvalue weighted by atomic mass is 10.1. The van der Waals surface area contributed by atoms with Gasteiger partial charge in [-0.1, -0.05) is 11.6 Å². The number of halogens is 7. The molecule has 0 N–H and O–H groups in total. The average molecular weight is 395 g/mol. The van der Waals surface area contributed by atoms with E-state index < -0.39 is 35.1 Å². The maximum absolute atomic E-state index is 13.1. The fourth-order valence-corrected chi connectivity index (χ4v) is 2.04. The third kappa shape index (κ3) is 3.59. The number of hydrogen-bond acceptors (Lipinski definition) is 5. The quantitative estimate of drug-likeness (QED) is 0.618. The van der Waals surface area contributed by atoms with Crippen molar-refractivity contribution in [1.82, 2.24) is 30.4 Å². The van der Waals surface area contributed by atoms with Gasteiger partial charge in [0.05, 0.1) is 11.3 Å². The Morgan fingerprint density at radius 2 is 1.50 bits per heavy atom. The van der Waals surface area contributed by atoms with Crippen LogP contribution in [0.15, 0.2) is 30.3 Å². The first-order chi connectivity index (χ1) is 12.1. The van der Waals surface area contributed by atoms with Crippen LogP contribution in [0.3, 0.4) is 0 Å². The molecule has 0 aliphatic carbocycles. The van der Waals surface area contributed by atoms with E-state index >= 15 is 0 Å². The highest BCUT2D eigenvalue weighted by atomic mass is 35.5. The van der Waals surface area contributed by atoms with E-state index in [4.69, 9.17) is 11.6 Å². The van der Waals surface area contributed by atoms with Crippen LogP contribution in [0.1, 0.15) is 11.4 Å². The van der Waals surface area contributed by atoms with Crippen molar-refractivity contribution in [2.24, 2.45) is 0 Å². The van der Waals surface area contributed by atoms with Gasteiger partial charge in [0.2, 0.25) is 5.82 Å². The molecule has 0 bridgehead atoms. The van der Waals surface area contributed by atoms with Crippen molar-refractivity contribution in [2.75, 3.05) is 0 Å². The number of alkyl halides is 6. The Balaban J connectivity index is 2.12. The third-order valence-corrected chi connectivity index (χ3v) is 3.32. The van der Waals surface area contributed by atoms with Crippen molar-refractivity contribution in [1.29, 1.82) is 0 Å². The van der Waals surface area contributed by atoms with Gasteiger partial charge in [0, 0.05) is 5.02 Å². The van der Waals surface area contributed by atoms with E-state index in [1.165, 1.54) is 24.3 Å². The van der Waals surface area contributed by atoms with Gasteiger partial charge in [0.1, 0.15) is 0 Å². The summed E-state index contributed by atoms with van der Waals surface area (Å²) in [5.41, 5.74) is -3.95. The second-order valence-electron chi connectivity index (χ2n) is 4.87. The van der Waals surface area contributed by atoms with Gasteiger partial charge < -0.3 is 0 Å². The summed E-state index contributed by atoms with van der Waals surface area (Å²) < 4.78 is 77.5. The summed E-state index contributed by atoms with van der Waals surface area (Å²) in [7, 11) is 0. The van der Waals surface area contributed by atoms with E-state index in [9.17, 15) is 26.3 Å². The van der Waals surface area contributed by atoms with Gasteiger partial charge in [-0.15, -0.1) is 25.2 Å². The van der Waals surface area contributed by atoms with Gasteiger partial charge in [-0.05, 0) is 35.5 Å². The number of hydrogen-bond donors (Lipinski definition) is 0. The summed E-state index contributed by atoms with van der Waals surface area (Å²) >= 11 is 5.72. The normalized spacial score (nSPS) is 12.4. The van der Waals surface area contributed by atoms with Crippen molar-refractivity contribution in [2.45, 2.75) is 12.4 Å². The predicted molar refractivity (Wildman–Crippen MR) is 75.2 cm³/mol. The van der Waals surface area contributed by atoms with E-state index in [0.717, 1.165) is 4.80 Å². The summed E-state index contributed by atoms with van der Waals surface area (Å²) in [6.07, 6.45) is -10.0. The van der Waals surface area contributed by atoms with Crippen molar-refractivity contribution in [3.05, 3.63) is 46.7 Å². The molecule has 0 unspecified atom stereocenters. The molecule has 1 aromatic carbocycles. The van der Waals surface area contributed by atoms with Crippen LogP contribution < -0.4 is 0 Å². The molecule has 2 aromatic heterocycles. The van der Waals surface area contributed by atoms with E-state index in [1.54, 1.807) is 0 Å². The van der Waals surface area contributed by atoms with Crippen LogP contribution in [0.2, 0.25) is 5.02 Å². The summed E-state index contributed by atoms with van der Waals surface area (Å²) in [6, 6.07) is 6.02. The third-order valence-electron chi connectivity index (χ3n) is 3.06. The highest BCUT2D eigenvalue weighted by Crippen LogP contribution is 2.37. The zero-order valence-electron chi connectivity index (χ0n) is 12.2. The second-order valence-corrected chi connectivity index (χ2v) is 5.30. The SMILES string of the molecule is FC(F)(F)c1cc(-c2nnn(-c3ccc(Cl)cc3)n2)c(C(F)(F)F)nn1. The minimum Gasteiger partial charge on any atom is -0.164 e. The van der Waals surface area contributed by atoms with Crippen molar-refractivity contribution >= 4 is 11.6 Å². The fourth-order valence-electron chi connectivity index (χ4n) is 1.92. The molecular weight excluding hydrogens is 390 g/mol. The van der Waals surface area contributed by atoms with Crippen LogP contribution in [0.5, 0.6) is 0 Å². The van der Waals surface area contributed by atoms with Crippen LogP contribution in [0.4, 0.5) is 26.3 Å². The molecule has 136 valence electrons. The largest absolute Gasteiger partial charge is 0.435 e. The zero-order valence-corrected chi connectivity index (χ0v) is 13.0. The zero-order chi connectivity index (χ0) is 19.1. The lowest BCUT2D eigenvalue weighted by molar-refractivity contribution is -0.147. The van der Waals surface area contributed by atoms with Crippen molar-refractivity contribution in [3.63, 3.8) is 0 Å². The van der Waals surface area contributed by atoms with Crippen LogP contribution in [-0.4, -0.2) is 30.4 Å². The Morgan fingerprint density at radius 3 is 2.08 bits per heavy atom. The standard InChI is InChI=1S/C13H5ClF6N6/c14-6-1-3-7(4-2-6)26-24-11(23-25-26)8-5-9(12(15,16)17)21-22-10(8)13(18,19)20/h1-5H. The molecule has 0 atom stereocenters. The molecular formula is C13H5ClF6N6. The maximum atomic E-state index is 13.1. The topological polar surface area (TPSA) is 69.4 Å². The average Bonchev–Trinajstić information content (AvgIpc) is 3.03. The molecule has 3 rings (SSSR count). The minimum absolute atomic E-state index is 0.180. The number of benzene rings is 1. The molecule has 0 radical (unpaired) electrons. The van der Waals surface area contributed by atoms with Crippen LogP contribution in [0, 0.1) is 0 Å². The summed E-state index contributed by atoms with van der Waals surface area (Å²) in [6.45, 7) is 0. The summed E-state index contributed by atoms with van der Waals surface area (Å²) in [5, 5.41) is 16.3. The lowest BCUT2D eigenvalue weighted by Crippen LogP contribution is -2.16. The highest BCUT2D eigenvalue weighted by molar-refractivity contribution is 6.30. The molecule has 2 heterocycles. The lowest BCUT2D eigenvalue weighted by Gasteiger charge is -2.11. The Kier molecular flexibility index (Phi) is 4.30. The monoisotopic (exact) mass is 394 g/mol.